The largest absolute Gasteiger partial charge is 0.465 e. The van der Waals surface area contributed by atoms with Gasteiger partial charge in [-0.05, 0) is 33.1 Å². The molecule has 0 aromatic heterocycles. The molecule has 0 spiro atoms. The zero-order valence-corrected chi connectivity index (χ0v) is 14.1. The summed E-state index contributed by atoms with van der Waals surface area (Å²) < 4.78 is 32.5. The Balaban J connectivity index is 5.25. The maximum absolute atomic E-state index is 12.3. The average molecular weight is 322 g/mol. The third-order valence-electron chi connectivity index (χ3n) is 3.13. The molecule has 0 aromatic rings. The molecule has 0 bridgehead atoms. The Morgan fingerprint density at radius 3 is 1.76 bits per heavy atom. The normalized spacial score (nSPS) is 12.0. The zero-order chi connectivity index (χ0) is 16.5. The Bertz CT molecular complexity index is 422. The van der Waals surface area contributed by atoms with Crippen molar-refractivity contribution in [2.24, 2.45) is 5.41 Å². The molecule has 0 aliphatic heterocycles. The average Bonchev–Trinajstić information content (AvgIpc) is 2.36. The van der Waals surface area contributed by atoms with Crippen LogP contribution in [0.25, 0.3) is 0 Å². The van der Waals surface area contributed by atoms with E-state index in [-0.39, 0.29) is 38.2 Å². The standard InChI is InChI=1S/C14H26O6S/c1-5-9-14(12(15)19-6-2,13(16)20-7-3)10-8-11-21(4,17)18/h5-11H2,1-4H3. The lowest BCUT2D eigenvalue weighted by molar-refractivity contribution is -0.173. The van der Waals surface area contributed by atoms with Crippen molar-refractivity contribution in [2.75, 3.05) is 25.2 Å². The van der Waals surface area contributed by atoms with E-state index in [9.17, 15) is 18.0 Å². The monoisotopic (exact) mass is 322 g/mol. The molecule has 0 rings (SSSR count). The quantitative estimate of drug-likeness (QED) is 0.449. The van der Waals surface area contributed by atoms with Crippen LogP contribution in [0.15, 0.2) is 0 Å². The highest BCUT2D eigenvalue weighted by Crippen LogP contribution is 2.33. The van der Waals surface area contributed by atoms with Gasteiger partial charge in [0.2, 0.25) is 0 Å². The number of hydrogen-bond donors (Lipinski definition) is 0. The molecule has 0 heterocycles. The lowest BCUT2D eigenvalue weighted by Crippen LogP contribution is -2.42. The van der Waals surface area contributed by atoms with Gasteiger partial charge in [-0.3, -0.25) is 9.59 Å². The second-order valence-electron chi connectivity index (χ2n) is 5.01. The van der Waals surface area contributed by atoms with Crippen LogP contribution in [0.1, 0.15) is 46.5 Å². The second kappa shape index (κ2) is 9.02. The van der Waals surface area contributed by atoms with E-state index in [1.54, 1.807) is 13.8 Å². The molecular weight excluding hydrogens is 296 g/mol. The number of rotatable bonds is 10. The summed E-state index contributed by atoms with van der Waals surface area (Å²) in [6.07, 6.45) is 2.34. The maximum Gasteiger partial charge on any atom is 0.323 e. The molecule has 0 aromatic carbocycles. The van der Waals surface area contributed by atoms with Crippen LogP contribution in [0.3, 0.4) is 0 Å². The Morgan fingerprint density at radius 2 is 1.43 bits per heavy atom. The Labute approximate surface area is 127 Å². The molecule has 124 valence electrons. The van der Waals surface area contributed by atoms with Crippen molar-refractivity contribution >= 4 is 21.8 Å². The Morgan fingerprint density at radius 1 is 0.952 bits per heavy atom. The second-order valence-corrected chi connectivity index (χ2v) is 7.27. The molecule has 7 heteroatoms. The van der Waals surface area contributed by atoms with Gasteiger partial charge in [0.05, 0.1) is 13.2 Å². The van der Waals surface area contributed by atoms with Crippen LogP contribution >= 0.6 is 0 Å². The lowest BCUT2D eigenvalue weighted by Gasteiger charge is -2.28. The van der Waals surface area contributed by atoms with Crippen LogP contribution in [0.4, 0.5) is 0 Å². The molecule has 0 amide bonds. The predicted octanol–water partition coefficient (Wildman–Crippen LogP) is 1.72. The van der Waals surface area contributed by atoms with Crippen LogP contribution in [0, 0.1) is 5.41 Å². The number of hydrogen-bond acceptors (Lipinski definition) is 6. The molecule has 0 radical (unpaired) electrons. The Kier molecular flexibility index (Phi) is 8.54. The van der Waals surface area contributed by atoms with E-state index in [4.69, 9.17) is 9.47 Å². The van der Waals surface area contributed by atoms with Gasteiger partial charge < -0.3 is 9.47 Å². The van der Waals surface area contributed by atoms with Crippen LogP contribution in [-0.2, 0) is 28.9 Å². The first-order valence-corrected chi connectivity index (χ1v) is 9.31. The van der Waals surface area contributed by atoms with Gasteiger partial charge in [-0.1, -0.05) is 13.3 Å². The number of carbonyl (C=O) groups excluding carboxylic acids is 2. The van der Waals surface area contributed by atoms with Gasteiger partial charge in [0, 0.05) is 12.0 Å². The minimum absolute atomic E-state index is 0.0721. The first-order valence-electron chi connectivity index (χ1n) is 7.25. The van der Waals surface area contributed by atoms with E-state index in [0.717, 1.165) is 6.26 Å². The molecule has 0 saturated heterocycles. The smallest absolute Gasteiger partial charge is 0.323 e. The van der Waals surface area contributed by atoms with Crippen LogP contribution in [0.2, 0.25) is 0 Å². The summed E-state index contributed by atoms with van der Waals surface area (Å²) in [6, 6.07) is 0. The van der Waals surface area contributed by atoms with Crippen molar-refractivity contribution in [2.45, 2.75) is 46.5 Å². The molecule has 0 saturated carbocycles. The van der Waals surface area contributed by atoms with Crippen LogP contribution in [0.5, 0.6) is 0 Å². The Hall–Kier alpha value is -1.11. The molecule has 21 heavy (non-hydrogen) atoms. The summed E-state index contributed by atoms with van der Waals surface area (Å²) in [5, 5.41) is 0. The first-order chi connectivity index (χ1) is 9.73. The highest BCUT2D eigenvalue weighted by molar-refractivity contribution is 7.90. The van der Waals surface area contributed by atoms with Crippen molar-refractivity contribution in [3.05, 3.63) is 0 Å². The van der Waals surface area contributed by atoms with Crippen molar-refractivity contribution < 1.29 is 27.5 Å². The highest BCUT2D eigenvalue weighted by Gasteiger charge is 2.47. The van der Waals surface area contributed by atoms with E-state index in [1.165, 1.54) is 0 Å². The van der Waals surface area contributed by atoms with E-state index >= 15 is 0 Å². The third kappa shape index (κ3) is 6.46. The minimum atomic E-state index is -3.14. The van der Waals surface area contributed by atoms with E-state index in [0.29, 0.717) is 6.42 Å². The van der Waals surface area contributed by atoms with E-state index in [1.807, 2.05) is 6.92 Å². The molecule has 6 nitrogen and oxygen atoms in total. The van der Waals surface area contributed by atoms with Gasteiger partial charge >= 0.3 is 11.9 Å². The lowest BCUT2D eigenvalue weighted by atomic mass is 9.79. The summed E-state index contributed by atoms with van der Waals surface area (Å²) >= 11 is 0. The summed E-state index contributed by atoms with van der Waals surface area (Å²) in [5.74, 6) is -1.32. The van der Waals surface area contributed by atoms with Gasteiger partial charge in [-0.2, -0.15) is 0 Å². The zero-order valence-electron chi connectivity index (χ0n) is 13.3. The van der Waals surface area contributed by atoms with Crippen molar-refractivity contribution in [3.63, 3.8) is 0 Å². The van der Waals surface area contributed by atoms with Crippen molar-refractivity contribution in [1.82, 2.24) is 0 Å². The summed E-state index contributed by atoms with van der Waals surface area (Å²) in [6.45, 7) is 5.50. The van der Waals surface area contributed by atoms with E-state index in [2.05, 4.69) is 0 Å². The molecule has 0 aliphatic rings. The summed E-state index contributed by atoms with van der Waals surface area (Å²) in [4.78, 5) is 24.5. The van der Waals surface area contributed by atoms with Gasteiger partial charge in [-0.15, -0.1) is 0 Å². The van der Waals surface area contributed by atoms with E-state index < -0.39 is 27.2 Å². The van der Waals surface area contributed by atoms with Crippen molar-refractivity contribution in [3.8, 4) is 0 Å². The maximum atomic E-state index is 12.3. The molecule has 0 N–H and O–H groups in total. The van der Waals surface area contributed by atoms with Gasteiger partial charge in [0.1, 0.15) is 9.84 Å². The summed E-state index contributed by atoms with van der Waals surface area (Å²) in [5.41, 5.74) is -1.40. The molecule has 0 fully saturated rings. The predicted molar refractivity (Wildman–Crippen MR) is 79.6 cm³/mol. The molecule has 0 atom stereocenters. The minimum Gasteiger partial charge on any atom is -0.465 e. The van der Waals surface area contributed by atoms with Gasteiger partial charge in [-0.25, -0.2) is 8.42 Å². The SMILES string of the molecule is CCCC(CCCS(C)(=O)=O)(C(=O)OCC)C(=O)OCC. The summed E-state index contributed by atoms with van der Waals surface area (Å²) in [7, 11) is -3.14. The van der Waals surface area contributed by atoms with Crippen LogP contribution in [-0.4, -0.2) is 45.6 Å². The number of sulfone groups is 1. The fourth-order valence-electron chi connectivity index (χ4n) is 2.22. The molecule has 0 unspecified atom stereocenters. The molecular formula is C14H26O6S. The number of ether oxygens (including phenoxy) is 2. The van der Waals surface area contributed by atoms with Crippen molar-refractivity contribution in [1.29, 1.82) is 0 Å². The molecule has 0 aliphatic carbocycles. The number of esters is 2. The third-order valence-corrected chi connectivity index (χ3v) is 4.16. The first kappa shape index (κ1) is 19.9. The van der Waals surface area contributed by atoms with Gasteiger partial charge in [0.25, 0.3) is 0 Å². The van der Waals surface area contributed by atoms with Gasteiger partial charge in [0.15, 0.2) is 5.41 Å². The topological polar surface area (TPSA) is 86.7 Å². The number of carbonyl (C=O) groups is 2. The van der Waals surface area contributed by atoms with Crippen LogP contribution < -0.4 is 0 Å². The fraction of sp³-hybridized carbons (Fsp3) is 0.857. The fourth-order valence-corrected chi connectivity index (χ4v) is 2.89. The highest BCUT2D eigenvalue weighted by atomic mass is 32.2.